The van der Waals surface area contributed by atoms with E-state index >= 15 is 0 Å². The summed E-state index contributed by atoms with van der Waals surface area (Å²) < 4.78 is 18.7. The van der Waals surface area contributed by atoms with E-state index < -0.39 is 11.7 Å². The molecule has 0 aliphatic heterocycles. The number of anilines is 1. The Balaban J connectivity index is 2.17. The maximum absolute atomic E-state index is 13.1. The third-order valence-electron chi connectivity index (χ3n) is 3.09. The van der Waals surface area contributed by atoms with Gasteiger partial charge in [0.05, 0.1) is 16.9 Å². The molecule has 0 radical (unpaired) electrons. The Morgan fingerprint density at radius 2 is 2.09 bits per heavy atom. The highest BCUT2D eigenvalue weighted by atomic mass is 35.5. The number of rotatable bonds is 5. The van der Waals surface area contributed by atoms with Crippen LogP contribution in [0.3, 0.4) is 0 Å². The predicted octanol–water partition coefficient (Wildman–Crippen LogP) is 3.67. The molecule has 0 aliphatic carbocycles. The number of ether oxygens (including phenoxy) is 1. The Labute approximate surface area is 132 Å². The molecule has 0 aliphatic rings. The molecule has 1 N–H and O–H groups in total. The largest absolute Gasteiger partial charge is 0.489 e. The maximum atomic E-state index is 13.1. The van der Waals surface area contributed by atoms with Crippen molar-refractivity contribution in [1.29, 1.82) is 5.41 Å². The Bertz CT molecular complexity index is 706. The van der Waals surface area contributed by atoms with E-state index in [4.69, 9.17) is 21.7 Å². The lowest BCUT2D eigenvalue weighted by atomic mass is 10.1. The molecule has 0 fully saturated rings. The van der Waals surface area contributed by atoms with Gasteiger partial charge in [-0.15, -0.1) is 0 Å². The second-order valence-corrected chi connectivity index (χ2v) is 4.94. The lowest BCUT2D eigenvalue weighted by Crippen LogP contribution is -2.27. The van der Waals surface area contributed by atoms with Crippen LogP contribution in [0.2, 0.25) is 5.02 Å². The van der Waals surface area contributed by atoms with Gasteiger partial charge in [-0.3, -0.25) is 4.79 Å². The zero-order chi connectivity index (χ0) is 16.1. The summed E-state index contributed by atoms with van der Waals surface area (Å²) in [4.78, 5) is 13.0. The van der Waals surface area contributed by atoms with E-state index in [1.165, 1.54) is 23.1 Å². The molecule has 2 rings (SSSR count). The van der Waals surface area contributed by atoms with Crippen molar-refractivity contribution >= 4 is 29.4 Å². The number of hydrogen-bond donors (Lipinski definition) is 1. The van der Waals surface area contributed by atoms with E-state index in [1.54, 1.807) is 19.2 Å². The highest BCUT2D eigenvalue weighted by molar-refractivity contribution is 6.31. The highest BCUT2D eigenvalue weighted by Gasteiger charge is 2.12. The standard InChI is InChI=1S/C16H14ClFN2O2/c1-20(16(21)9-19)15-5-3-2-4-11(15)10-22-12-6-7-14(18)13(17)8-12/h2-9,19H,10H2,1H3. The van der Waals surface area contributed by atoms with Gasteiger partial charge in [-0.2, -0.15) is 0 Å². The van der Waals surface area contributed by atoms with Crippen molar-refractivity contribution in [3.8, 4) is 5.75 Å². The van der Waals surface area contributed by atoms with Crippen LogP contribution in [0, 0.1) is 11.2 Å². The fourth-order valence-corrected chi connectivity index (χ4v) is 2.07. The molecule has 0 aromatic heterocycles. The molecule has 1 amide bonds. The number of carbonyl (C=O) groups excluding carboxylic acids is 1. The van der Waals surface area contributed by atoms with Gasteiger partial charge in [-0.1, -0.05) is 29.8 Å². The molecule has 2 aromatic carbocycles. The van der Waals surface area contributed by atoms with Crippen LogP contribution in [0.5, 0.6) is 5.75 Å². The maximum Gasteiger partial charge on any atom is 0.268 e. The van der Waals surface area contributed by atoms with Crippen molar-refractivity contribution < 1.29 is 13.9 Å². The molecule has 0 saturated carbocycles. The van der Waals surface area contributed by atoms with E-state index in [0.29, 0.717) is 11.4 Å². The second kappa shape index (κ2) is 7.04. The third kappa shape index (κ3) is 3.62. The Morgan fingerprint density at radius 1 is 1.36 bits per heavy atom. The van der Waals surface area contributed by atoms with Gasteiger partial charge < -0.3 is 15.0 Å². The van der Waals surface area contributed by atoms with Gasteiger partial charge >= 0.3 is 0 Å². The summed E-state index contributed by atoms with van der Waals surface area (Å²) in [6.45, 7) is 0.188. The van der Waals surface area contributed by atoms with Gasteiger partial charge in [-0.25, -0.2) is 4.39 Å². The van der Waals surface area contributed by atoms with E-state index in [0.717, 1.165) is 11.8 Å². The summed E-state index contributed by atoms with van der Waals surface area (Å²) in [6, 6.07) is 11.3. The van der Waals surface area contributed by atoms with Crippen molar-refractivity contribution in [2.24, 2.45) is 0 Å². The first-order chi connectivity index (χ1) is 10.5. The van der Waals surface area contributed by atoms with Gasteiger partial charge in [-0.05, 0) is 18.2 Å². The van der Waals surface area contributed by atoms with Crippen LogP contribution in [0.1, 0.15) is 5.56 Å². The third-order valence-corrected chi connectivity index (χ3v) is 3.38. The summed E-state index contributed by atoms with van der Waals surface area (Å²) in [5.74, 6) is -0.509. The average molecular weight is 321 g/mol. The minimum atomic E-state index is -0.509. The lowest BCUT2D eigenvalue weighted by molar-refractivity contribution is -0.111. The first-order valence-corrected chi connectivity index (χ1v) is 6.84. The number of nitrogens with zero attached hydrogens (tertiary/aromatic N) is 1. The molecule has 0 spiro atoms. The van der Waals surface area contributed by atoms with E-state index in [-0.39, 0.29) is 11.6 Å². The second-order valence-electron chi connectivity index (χ2n) is 4.53. The minimum Gasteiger partial charge on any atom is -0.489 e. The van der Waals surface area contributed by atoms with Gasteiger partial charge in [0.25, 0.3) is 5.91 Å². The molecule has 4 nitrogen and oxygen atoms in total. The summed E-state index contributed by atoms with van der Waals surface area (Å²) in [7, 11) is 1.58. The SMILES string of the molecule is CN(C(=O)C=N)c1ccccc1COc1ccc(F)c(Cl)c1. The number of nitrogens with one attached hydrogen (secondary N) is 1. The fourth-order valence-electron chi connectivity index (χ4n) is 1.90. The zero-order valence-corrected chi connectivity index (χ0v) is 12.6. The predicted molar refractivity (Wildman–Crippen MR) is 84.4 cm³/mol. The first kappa shape index (κ1) is 16.0. The molecular formula is C16H14ClFN2O2. The highest BCUT2D eigenvalue weighted by Crippen LogP contribution is 2.24. The quantitative estimate of drug-likeness (QED) is 0.855. The number of hydrogen-bond acceptors (Lipinski definition) is 3. The number of amides is 1. The molecule has 0 unspecified atom stereocenters. The Hall–Kier alpha value is -2.40. The van der Waals surface area contributed by atoms with Crippen LogP contribution >= 0.6 is 11.6 Å². The van der Waals surface area contributed by atoms with Crippen molar-refractivity contribution in [1.82, 2.24) is 0 Å². The van der Waals surface area contributed by atoms with Crippen LogP contribution in [0.25, 0.3) is 0 Å². The minimum absolute atomic E-state index is 0.0121. The lowest BCUT2D eigenvalue weighted by Gasteiger charge is -2.19. The van der Waals surface area contributed by atoms with Crippen molar-refractivity contribution in [2.75, 3.05) is 11.9 Å². The molecule has 2 aromatic rings. The van der Waals surface area contributed by atoms with Crippen LogP contribution in [0.15, 0.2) is 42.5 Å². The van der Waals surface area contributed by atoms with Crippen molar-refractivity contribution in [2.45, 2.75) is 6.61 Å². The average Bonchev–Trinajstić information content (AvgIpc) is 2.54. The van der Waals surface area contributed by atoms with Gasteiger partial charge in [0.15, 0.2) is 0 Å². The van der Waals surface area contributed by atoms with E-state index in [9.17, 15) is 9.18 Å². The van der Waals surface area contributed by atoms with E-state index in [1.807, 2.05) is 12.1 Å². The number of para-hydroxylation sites is 1. The summed E-state index contributed by atoms with van der Waals surface area (Å²) in [6.07, 6.45) is 0.747. The summed E-state index contributed by atoms with van der Waals surface area (Å²) in [5, 5.41) is 7.03. The Kier molecular flexibility index (Phi) is 5.12. The van der Waals surface area contributed by atoms with Crippen molar-refractivity contribution in [3.63, 3.8) is 0 Å². The van der Waals surface area contributed by atoms with Crippen LogP contribution < -0.4 is 9.64 Å². The van der Waals surface area contributed by atoms with Gasteiger partial charge in [0.2, 0.25) is 0 Å². The molecule has 0 heterocycles. The fraction of sp³-hybridized carbons (Fsp3) is 0.125. The first-order valence-electron chi connectivity index (χ1n) is 6.47. The smallest absolute Gasteiger partial charge is 0.268 e. The molecule has 0 saturated heterocycles. The summed E-state index contributed by atoms with van der Waals surface area (Å²) in [5.41, 5.74) is 1.41. The number of halogens is 2. The summed E-state index contributed by atoms with van der Waals surface area (Å²) >= 11 is 5.70. The molecule has 6 heteroatoms. The molecular weight excluding hydrogens is 307 g/mol. The van der Waals surface area contributed by atoms with Crippen LogP contribution in [-0.4, -0.2) is 19.2 Å². The molecule has 114 valence electrons. The van der Waals surface area contributed by atoms with Crippen LogP contribution in [-0.2, 0) is 11.4 Å². The molecule has 22 heavy (non-hydrogen) atoms. The van der Waals surface area contributed by atoms with Gasteiger partial charge in [0, 0.05) is 18.7 Å². The topological polar surface area (TPSA) is 53.4 Å². The zero-order valence-electron chi connectivity index (χ0n) is 11.8. The number of benzene rings is 2. The molecule has 0 bridgehead atoms. The normalized spacial score (nSPS) is 10.1. The Morgan fingerprint density at radius 3 is 2.77 bits per heavy atom. The van der Waals surface area contributed by atoms with Gasteiger partial charge in [0.1, 0.15) is 18.2 Å². The van der Waals surface area contributed by atoms with Crippen LogP contribution in [0.4, 0.5) is 10.1 Å². The molecule has 0 atom stereocenters. The van der Waals surface area contributed by atoms with E-state index in [2.05, 4.69) is 0 Å². The monoisotopic (exact) mass is 320 g/mol. The number of carbonyl (C=O) groups is 1. The van der Waals surface area contributed by atoms with Crippen molar-refractivity contribution in [3.05, 3.63) is 58.9 Å².